The molecule has 1 aliphatic heterocycles. The molecule has 1 aliphatic rings. The molecule has 0 spiro atoms. The van der Waals surface area contributed by atoms with Gasteiger partial charge in [0.25, 0.3) is 0 Å². The van der Waals surface area contributed by atoms with E-state index in [1.807, 2.05) is 67.2 Å². The highest BCUT2D eigenvalue weighted by atomic mass is 32.2. The van der Waals surface area contributed by atoms with Crippen LogP contribution in [0.4, 0.5) is 0 Å². The number of sulfone groups is 1. The molecule has 1 aromatic carbocycles. The van der Waals surface area contributed by atoms with E-state index >= 15 is 0 Å². The Morgan fingerprint density at radius 2 is 2.04 bits per heavy atom. The molecule has 1 atom stereocenters. The Morgan fingerprint density at radius 3 is 2.71 bits per heavy atom. The van der Waals surface area contributed by atoms with E-state index in [0.717, 1.165) is 41.2 Å². The summed E-state index contributed by atoms with van der Waals surface area (Å²) in [6.45, 7) is 3.19. The molecule has 3 heterocycles. The van der Waals surface area contributed by atoms with E-state index in [1.54, 1.807) is 0 Å². The Balaban J connectivity index is 1.34. The molecule has 1 unspecified atom stereocenters. The van der Waals surface area contributed by atoms with Gasteiger partial charge in [-0.15, -0.1) is 0 Å². The summed E-state index contributed by atoms with van der Waals surface area (Å²) in [5, 5.41) is 0. The first kappa shape index (κ1) is 19.0. The summed E-state index contributed by atoms with van der Waals surface area (Å²) >= 11 is 0. The van der Waals surface area contributed by atoms with Gasteiger partial charge in [0.2, 0.25) is 0 Å². The third-order valence-corrected chi connectivity index (χ3v) is 7.05. The zero-order valence-electron chi connectivity index (χ0n) is 16.2. The number of aryl methyl sites for hydroxylation is 1. The zero-order valence-corrected chi connectivity index (χ0v) is 17.0. The molecular weight excluding hydrogens is 374 g/mol. The summed E-state index contributed by atoms with van der Waals surface area (Å²) in [6.07, 6.45) is 4.69. The SMILES string of the molecule is Cc1cccn2cc(COc3ccc(CN(C)C4CCS(=O)(=O)C4)cc3)nc12. The van der Waals surface area contributed by atoms with Crippen LogP contribution >= 0.6 is 0 Å². The second-order valence-corrected chi connectivity index (χ2v) is 9.79. The van der Waals surface area contributed by atoms with Crippen molar-refractivity contribution in [3.8, 4) is 5.75 Å². The molecule has 0 bridgehead atoms. The number of imidazole rings is 1. The molecule has 1 saturated heterocycles. The van der Waals surface area contributed by atoms with Crippen molar-refractivity contribution in [2.45, 2.75) is 32.5 Å². The first-order valence-corrected chi connectivity index (χ1v) is 11.3. The lowest BCUT2D eigenvalue weighted by Gasteiger charge is -2.23. The number of benzene rings is 1. The molecular formula is C21H25N3O3S. The van der Waals surface area contributed by atoms with Gasteiger partial charge in [0.1, 0.15) is 18.0 Å². The number of pyridine rings is 1. The van der Waals surface area contributed by atoms with Gasteiger partial charge >= 0.3 is 0 Å². The van der Waals surface area contributed by atoms with Crippen LogP contribution in [0.15, 0.2) is 48.8 Å². The van der Waals surface area contributed by atoms with Crippen LogP contribution in [-0.4, -0.2) is 47.3 Å². The molecule has 3 aromatic rings. The number of nitrogens with zero attached hydrogens (tertiary/aromatic N) is 3. The Bertz CT molecular complexity index is 1070. The van der Waals surface area contributed by atoms with Gasteiger partial charge in [0.05, 0.1) is 17.2 Å². The van der Waals surface area contributed by atoms with Gasteiger partial charge in [-0.05, 0) is 49.7 Å². The van der Waals surface area contributed by atoms with Crippen LogP contribution < -0.4 is 4.74 Å². The Hall–Kier alpha value is -2.38. The number of rotatable bonds is 6. The van der Waals surface area contributed by atoms with Crippen LogP contribution in [0.2, 0.25) is 0 Å². The van der Waals surface area contributed by atoms with E-state index in [4.69, 9.17) is 4.74 Å². The molecule has 28 heavy (non-hydrogen) atoms. The largest absolute Gasteiger partial charge is 0.487 e. The van der Waals surface area contributed by atoms with Crippen LogP contribution in [0.3, 0.4) is 0 Å². The van der Waals surface area contributed by atoms with Crippen LogP contribution in [0.25, 0.3) is 5.65 Å². The van der Waals surface area contributed by atoms with Gasteiger partial charge in [-0.3, -0.25) is 4.90 Å². The molecule has 0 N–H and O–H groups in total. The fourth-order valence-corrected chi connectivity index (χ4v) is 5.47. The molecule has 6 nitrogen and oxygen atoms in total. The number of hydrogen-bond donors (Lipinski definition) is 0. The van der Waals surface area contributed by atoms with Gasteiger partial charge in [-0.1, -0.05) is 18.2 Å². The van der Waals surface area contributed by atoms with E-state index in [2.05, 4.69) is 9.88 Å². The van der Waals surface area contributed by atoms with Crippen molar-refractivity contribution < 1.29 is 13.2 Å². The van der Waals surface area contributed by atoms with Crippen molar-refractivity contribution >= 4 is 15.5 Å². The number of hydrogen-bond acceptors (Lipinski definition) is 5. The van der Waals surface area contributed by atoms with Crippen LogP contribution in [0.1, 0.15) is 23.2 Å². The minimum atomic E-state index is -2.86. The summed E-state index contributed by atoms with van der Waals surface area (Å²) in [7, 11) is -0.868. The molecule has 148 valence electrons. The highest BCUT2D eigenvalue weighted by Crippen LogP contribution is 2.20. The molecule has 1 fully saturated rings. The smallest absolute Gasteiger partial charge is 0.151 e. The third kappa shape index (κ3) is 4.20. The number of ether oxygens (including phenoxy) is 1. The van der Waals surface area contributed by atoms with Crippen molar-refractivity contribution in [1.82, 2.24) is 14.3 Å². The first-order valence-electron chi connectivity index (χ1n) is 9.45. The van der Waals surface area contributed by atoms with E-state index < -0.39 is 9.84 Å². The minimum Gasteiger partial charge on any atom is -0.487 e. The zero-order chi connectivity index (χ0) is 19.7. The summed E-state index contributed by atoms with van der Waals surface area (Å²) in [5.41, 5.74) is 4.12. The predicted octanol–water partition coefficient (Wildman–Crippen LogP) is 2.84. The standard InChI is InChI=1S/C21H25N3O3S/c1-16-4-3-10-24-13-18(22-21(16)24)14-27-20-7-5-17(6-8-20)12-23(2)19-9-11-28(25,26)15-19/h3-8,10,13,19H,9,11-12,14-15H2,1-2H3. The highest BCUT2D eigenvalue weighted by molar-refractivity contribution is 7.91. The first-order chi connectivity index (χ1) is 13.4. The maximum Gasteiger partial charge on any atom is 0.151 e. The summed E-state index contributed by atoms with van der Waals surface area (Å²) in [4.78, 5) is 6.75. The van der Waals surface area contributed by atoms with Crippen molar-refractivity contribution in [2.75, 3.05) is 18.6 Å². The summed E-state index contributed by atoms with van der Waals surface area (Å²) in [6, 6.07) is 12.1. The van der Waals surface area contributed by atoms with E-state index in [0.29, 0.717) is 12.4 Å². The van der Waals surface area contributed by atoms with Gasteiger partial charge in [-0.2, -0.15) is 0 Å². The second-order valence-electron chi connectivity index (χ2n) is 7.56. The molecule has 0 saturated carbocycles. The van der Waals surface area contributed by atoms with Crippen molar-refractivity contribution in [2.24, 2.45) is 0 Å². The van der Waals surface area contributed by atoms with E-state index in [-0.39, 0.29) is 11.8 Å². The number of aromatic nitrogens is 2. The maximum atomic E-state index is 11.7. The predicted molar refractivity (Wildman–Crippen MR) is 109 cm³/mol. The fourth-order valence-electron chi connectivity index (χ4n) is 3.66. The Kier molecular flexibility index (Phi) is 5.12. The maximum absolute atomic E-state index is 11.7. The topological polar surface area (TPSA) is 63.9 Å². The molecule has 0 radical (unpaired) electrons. The van der Waals surface area contributed by atoms with Crippen LogP contribution in [0, 0.1) is 6.92 Å². The third-order valence-electron chi connectivity index (χ3n) is 5.30. The minimum absolute atomic E-state index is 0.111. The van der Waals surface area contributed by atoms with Gasteiger partial charge in [-0.25, -0.2) is 13.4 Å². The number of fused-ring (bicyclic) bond motifs is 1. The second kappa shape index (κ2) is 7.56. The summed E-state index contributed by atoms with van der Waals surface area (Å²) < 4.78 is 31.2. The lowest BCUT2D eigenvalue weighted by atomic mass is 10.1. The molecule has 2 aromatic heterocycles. The molecule has 0 aliphatic carbocycles. The average molecular weight is 400 g/mol. The lowest BCUT2D eigenvalue weighted by molar-refractivity contribution is 0.253. The van der Waals surface area contributed by atoms with Crippen molar-refractivity contribution in [3.05, 3.63) is 65.6 Å². The van der Waals surface area contributed by atoms with Crippen molar-refractivity contribution in [3.63, 3.8) is 0 Å². The Labute approximate surface area is 165 Å². The quantitative estimate of drug-likeness (QED) is 0.638. The van der Waals surface area contributed by atoms with Crippen molar-refractivity contribution in [1.29, 1.82) is 0 Å². The average Bonchev–Trinajstić information content (AvgIpc) is 3.25. The monoisotopic (exact) mass is 399 g/mol. The van der Waals surface area contributed by atoms with E-state index in [9.17, 15) is 8.42 Å². The highest BCUT2D eigenvalue weighted by Gasteiger charge is 2.30. The van der Waals surface area contributed by atoms with Gasteiger partial charge in [0.15, 0.2) is 9.84 Å². The van der Waals surface area contributed by atoms with Gasteiger partial charge < -0.3 is 9.14 Å². The molecule has 7 heteroatoms. The Morgan fingerprint density at radius 1 is 1.25 bits per heavy atom. The van der Waals surface area contributed by atoms with E-state index in [1.165, 1.54) is 0 Å². The van der Waals surface area contributed by atoms with Crippen LogP contribution in [0.5, 0.6) is 5.75 Å². The lowest BCUT2D eigenvalue weighted by Crippen LogP contribution is -2.32. The molecule has 0 amide bonds. The summed E-state index contributed by atoms with van der Waals surface area (Å²) in [5.74, 6) is 1.37. The van der Waals surface area contributed by atoms with Gasteiger partial charge in [0, 0.05) is 25.0 Å². The normalized spacial score (nSPS) is 18.8. The molecule has 4 rings (SSSR count). The van der Waals surface area contributed by atoms with Crippen LogP contribution in [-0.2, 0) is 23.0 Å². The fraction of sp³-hybridized carbons (Fsp3) is 0.381.